The highest BCUT2D eigenvalue weighted by molar-refractivity contribution is 5.59. The van der Waals surface area contributed by atoms with Crippen molar-refractivity contribution >= 4 is 11.6 Å². The maximum absolute atomic E-state index is 5.91. The van der Waals surface area contributed by atoms with E-state index in [1.54, 1.807) is 0 Å². The first kappa shape index (κ1) is 11.3. The Bertz CT molecular complexity index is 359. The number of likely N-dealkylation sites (tertiary alicyclic amines) is 1. The lowest BCUT2D eigenvalue weighted by Crippen LogP contribution is -2.45. The molecule has 1 aliphatic rings. The van der Waals surface area contributed by atoms with Gasteiger partial charge in [-0.15, -0.1) is 0 Å². The molecule has 0 aromatic carbocycles. The van der Waals surface area contributed by atoms with Crippen molar-refractivity contribution in [2.45, 2.75) is 25.8 Å². The second-order valence-corrected chi connectivity index (χ2v) is 4.73. The van der Waals surface area contributed by atoms with Crippen LogP contribution in [0.1, 0.15) is 18.7 Å². The molecular formula is C11H21N5. The molecule has 2 heterocycles. The summed E-state index contributed by atoms with van der Waals surface area (Å²) in [4.78, 5) is 12.1. The second-order valence-electron chi connectivity index (χ2n) is 4.73. The molecule has 5 nitrogen and oxygen atoms in total. The molecule has 0 amide bonds. The number of piperidine rings is 1. The van der Waals surface area contributed by atoms with Gasteiger partial charge in [0.15, 0.2) is 5.82 Å². The third kappa shape index (κ3) is 2.14. The van der Waals surface area contributed by atoms with Crippen molar-refractivity contribution in [3.8, 4) is 0 Å². The van der Waals surface area contributed by atoms with Gasteiger partial charge in [-0.25, -0.2) is 4.98 Å². The monoisotopic (exact) mass is 223 g/mol. The van der Waals surface area contributed by atoms with Crippen LogP contribution in [0.3, 0.4) is 0 Å². The number of nitrogens with zero attached hydrogens (tertiary/aromatic N) is 3. The van der Waals surface area contributed by atoms with E-state index in [0.717, 1.165) is 18.2 Å². The fraction of sp³-hybridized carbons (Fsp3) is 0.727. The maximum Gasteiger partial charge on any atom is 0.171 e. The van der Waals surface area contributed by atoms with Gasteiger partial charge in [0.25, 0.3) is 0 Å². The van der Waals surface area contributed by atoms with Crippen LogP contribution in [0.2, 0.25) is 0 Å². The number of aromatic nitrogens is 2. The number of hydrogen-bond acceptors (Lipinski definition) is 4. The first-order valence-electron chi connectivity index (χ1n) is 5.81. The Morgan fingerprint density at radius 3 is 2.88 bits per heavy atom. The summed E-state index contributed by atoms with van der Waals surface area (Å²) in [6.45, 7) is 4.21. The van der Waals surface area contributed by atoms with Crippen LogP contribution in [-0.4, -0.2) is 48.1 Å². The van der Waals surface area contributed by atoms with Gasteiger partial charge in [0, 0.05) is 19.6 Å². The SMILES string of the molecule is Cc1nc(N(C)C2CCCN(C)C2)c(N)[nH]1. The number of imidazole rings is 1. The van der Waals surface area contributed by atoms with Crippen LogP contribution in [-0.2, 0) is 0 Å². The standard InChI is InChI=1S/C11H21N5/c1-8-13-10(12)11(14-8)16(3)9-5-4-6-15(2)7-9/h9H,4-7,12H2,1-3H3,(H,13,14). The number of rotatable bonds is 2. The number of anilines is 2. The van der Waals surface area contributed by atoms with Gasteiger partial charge in [-0.2, -0.15) is 0 Å². The number of H-pyrrole nitrogens is 1. The molecule has 0 radical (unpaired) electrons. The smallest absolute Gasteiger partial charge is 0.171 e. The molecule has 5 heteroatoms. The minimum absolute atomic E-state index is 0.517. The molecule has 1 fully saturated rings. The Kier molecular flexibility index (Phi) is 3.05. The van der Waals surface area contributed by atoms with Crippen molar-refractivity contribution in [3.63, 3.8) is 0 Å². The molecule has 1 atom stereocenters. The molecule has 0 saturated carbocycles. The summed E-state index contributed by atoms with van der Waals surface area (Å²) in [7, 11) is 4.24. The van der Waals surface area contributed by atoms with Gasteiger partial charge in [0.2, 0.25) is 0 Å². The molecule has 0 spiro atoms. The summed E-state index contributed by atoms with van der Waals surface area (Å²) in [5.41, 5.74) is 5.91. The lowest BCUT2D eigenvalue weighted by Gasteiger charge is -2.36. The van der Waals surface area contributed by atoms with Crippen LogP contribution >= 0.6 is 0 Å². The molecule has 0 bridgehead atoms. The largest absolute Gasteiger partial charge is 0.382 e. The fourth-order valence-electron chi connectivity index (χ4n) is 2.39. The van der Waals surface area contributed by atoms with Gasteiger partial charge in [-0.3, -0.25) is 0 Å². The van der Waals surface area contributed by atoms with Crippen molar-refractivity contribution in [1.82, 2.24) is 14.9 Å². The lowest BCUT2D eigenvalue weighted by atomic mass is 10.1. The lowest BCUT2D eigenvalue weighted by molar-refractivity contribution is 0.247. The third-order valence-electron chi connectivity index (χ3n) is 3.31. The minimum Gasteiger partial charge on any atom is -0.382 e. The summed E-state index contributed by atoms with van der Waals surface area (Å²) in [5.74, 6) is 2.44. The zero-order valence-corrected chi connectivity index (χ0v) is 10.3. The molecule has 1 aromatic heterocycles. The molecule has 2 rings (SSSR count). The summed E-state index contributed by atoms with van der Waals surface area (Å²) in [5, 5.41) is 0. The van der Waals surface area contributed by atoms with Gasteiger partial charge in [0.05, 0.1) is 0 Å². The summed E-state index contributed by atoms with van der Waals surface area (Å²) >= 11 is 0. The van der Waals surface area contributed by atoms with Crippen LogP contribution in [0.15, 0.2) is 0 Å². The minimum atomic E-state index is 0.517. The number of likely N-dealkylation sites (N-methyl/N-ethyl adjacent to an activating group) is 2. The number of hydrogen-bond donors (Lipinski definition) is 2. The van der Waals surface area contributed by atoms with Gasteiger partial charge in [-0.05, 0) is 33.4 Å². The predicted molar refractivity (Wildman–Crippen MR) is 66.7 cm³/mol. The average Bonchev–Trinajstić information content (AvgIpc) is 2.57. The molecule has 16 heavy (non-hydrogen) atoms. The van der Waals surface area contributed by atoms with E-state index in [1.165, 1.54) is 19.4 Å². The third-order valence-corrected chi connectivity index (χ3v) is 3.31. The molecule has 1 saturated heterocycles. The van der Waals surface area contributed by atoms with Crippen LogP contribution in [0.25, 0.3) is 0 Å². The Hall–Kier alpha value is -1.23. The van der Waals surface area contributed by atoms with Crippen LogP contribution in [0, 0.1) is 6.92 Å². The normalized spacial score (nSPS) is 22.3. The first-order chi connectivity index (χ1) is 7.58. The van der Waals surface area contributed by atoms with E-state index in [1.807, 2.05) is 6.92 Å². The predicted octanol–water partition coefficient (Wildman–Crippen LogP) is 0.831. The molecule has 3 N–H and O–H groups in total. The number of nitrogens with one attached hydrogen (secondary N) is 1. The summed E-state index contributed by atoms with van der Waals surface area (Å²) in [6, 6.07) is 0.517. The highest BCUT2D eigenvalue weighted by atomic mass is 15.3. The Morgan fingerprint density at radius 1 is 1.56 bits per heavy atom. The van der Waals surface area contributed by atoms with E-state index in [4.69, 9.17) is 5.73 Å². The van der Waals surface area contributed by atoms with E-state index in [9.17, 15) is 0 Å². The maximum atomic E-state index is 5.91. The number of aryl methyl sites for hydroxylation is 1. The zero-order valence-electron chi connectivity index (χ0n) is 10.3. The van der Waals surface area contributed by atoms with E-state index >= 15 is 0 Å². The highest BCUT2D eigenvalue weighted by Crippen LogP contribution is 2.24. The molecule has 90 valence electrons. The number of aromatic amines is 1. The van der Waals surface area contributed by atoms with Crippen molar-refractivity contribution in [3.05, 3.63) is 5.82 Å². The Balaban J connectivity index is 2.11. The van der Waals surface area contributed by atoms with Crippen LogP contribution in [0.5, 0.6) is 0 Å². The van der Waals surface area contributed by atoms with E-state index in [0.29, 0.717) is 11.9 Å². The second kappa shape index (κ2) is 4.33. The molecule has 0 aliphatic carbocycles. The fourth-order valence-corrected chi connectivity index (χ4v) is 2.39. The van der Waals surface area contributed by atoms with E-state index in [-0.39, 0.29) is 0 Å². The van der Waals surface area contributed by atoms with E-state index in [2.05, 4.69) is 33.9 Å². The van der Waals surface area contributed by atoms with Crippen molar-refractivity contribution in [2.24, 2.45) is 0 Å². The molecule has 1 aromatic rings. The Morgan fingerprint density at radius 2 is 2.31 bits per heavy atom. The van der Waals surface area contributed by atoms with Gasteiger partial charge in [0.1, 0.15) is 11.6 Å². The van der Waals surface area contributed by atoms with Crippen molar-refractivity contribution in [2.75, 3.05) is 37.8 Å². The quantitative estimate of drug-likeness (QED) is 0.779. The number of nitrogen functional groups attached to an aromatic ring is 1. The topological polar surface area (TPSA) is 61.2 Å². The summed E-state index contributed by atoms with van der Waals surface area (Å²) < 4.78 is 0. The average molecular weight is 223 g/mol. The van der Waals surface area contributed by atoms with Crippen LogP contribution < -0.4 is 10.6 Å². The van der Waals surface area contributed by atoms with Crippen molar-refractivity contribution < 1.29 is 0 Å². The number of nitrogens with two attached hydrogens (primary N) is 1. The van der Waals surface area contributed by atoms with Gasteiger partial charge >= 0.3 is 0 Å². The molecular weight excluding hydrogens is 202 g/mol. The van der Waals surface area contributed by atoms with Crippen LogP contribution in [0.4, 0.5) is 11.6 Å². The highest BCUT2D eigenvalue weighted by Gasteiger charge is 2.23. The zero-order chi connectivity index (χ0) is 11.7. The van der Waals surface area contributed by atoms with Crippen molar-refractivity contribution in [1.29, 1.82) is 0 Å². The Labute approximate surface area is 96.6 Å². The summed E-state index contributed by atoms with van der Waals surface area (Å²) in [6.07, 6.45) is 2.46. The van der Waals surface area contributed by atoms with Gasteiger partial charge < -0.3 is 20.5 Å². The first-order valence-corrected chi connectivity index (χ1v) is 5.81. The molecule has 1 unspecified atom stereocenters. The van der Waals surface area contributed by atoms with E-state index < -0.39 is 0 Å². The van der Waals surface area contributed by atoms with Gasteiger partial charge in [-0.1, -0.05) is 0 Å². The molecule has 1 aliphatic heterocycles.